The van der Waals surface area contributed by atoms with E-state index in [0.717, 1.165) is 18.8 Å². The van der Waals surface area contributed by atoms with E-state index in [-0.39, 0.29) is 5.41 Å². The number of ether oxygens (including phenoxy) is 1. The van der Waals surface area contributed by atoms with Gasteiger partial charge >= 0.3 is 0 Å². The fourth-order valence-corrected chi connectivity index (χ4v) is 2.29. The number of rotatable bonds is 4. The monoisotopic (exact) mass is 255 g/mol. The normalized spacial score (nSPS) is 26.4. The van der Waals surface area contributed by atoms with Crippen molar-refractivity contribution >= 4 is 17.4 Å². The molecule has 0 radical (unpaired) electrons. The third-order valence-electron chi connectivity index (χ3n) is 3.50. The largest absolute Gasteiger partial charge is 0.378 e. The van der Waals surface area contributed by atoms with Gasteiger partial charge in [-0.25, -0.2) is 0 Å². The molecular weight excluding hydrogens is 238 g/mol. The van der Waals surface area contributed by atoms with Gasteiger partial charge in [-0.1, -0.05) is 25.4 Å². The third-order valence-corrected chi connectivity index (χ3v) is 3.70. The van der Waals surface area contributed by atoms with Crippen LogP contribution in [0.15, 0.2) is 12.1 Å². The van der Waals surface area contributed by atoms with Crippen molar-refractivity contribution in [2.75, 3.05) is 11.9 Å². The molecule has 0 saturated heterocycles. The lowest BCUT2D eigenvalue weighted by molar-refractivity contribution is -0.0976. The van der Waals surface area contributed by atoms with E-state index in [9.17, 15) is 0 Å². The van der Waals surface area contributed by atoms with Crippen LogP contribution in [0.3, 0.4) is 0 Å². The number of hydrogen-bond acceptors (Lipinski definition) is 4. The molecule has 0 aromatic carbocycles. The molecule has 0 amide bonds. The number of hydrogen-bond donors (Lipinski definition) is 1. The van der Waals surface area contributed by atoms with Crippen molar-refractivity contribution in [3.63, 3.8) is 0 Å². The molecule has 0 bridgehead atoms. The summed E-state index contributed by atoms with van der Waals surface area (Å²) in [7, 11) is 0. The second-order valence-corrected chi connectivity index (χ2v) is 5.33. The molecule has 1 aliphatic rings. The molecule has 1 heterocycles. The van der Waals surface area contributed by atoms with Crippen LogP contribution in [0, 0.1) is 5.41 Å². The highest BCUT2D eigenvalue weighted by Gasteiger charge is 2.49. The van der Waals surface area contributed by atoms with E-state index in [1.54, 1.807) is 6.07 Å². The average Bonchev–Trinajstić information content (AvgIpc) is 2.30. The minimum Gasteiger partial charge on any atom is -0.378 e. The zero-order valence-electron chi connectivity index (χ0n) is 10.4. The SMILES string of the molecule is CCOC1CC(Nc2ccc(Cl)nn2)C1(C)C. The van der Waals surface area contributed by atoms with Gasteiger partial charge in [0, 0.05) is 18.1 Å². The highest BCUT2D eigenvalue weighted by atomic mass is 35.5. The van der Waals surface area contributed by atoms with E-state index < -0.39 is 0 Å². The Morgan fingerprint density at radius 3 is 2.76 bits per heavy atom. The molecule has 0 aliphatic heterocycles. The van der Waals surface area contributed by atoms with Gasteiger partial charge in [-0.15, -0.1) is 10.2 Å². The molecular formula is C12H18ClN3O. The van der Waals surface area contributed by atoms with Crippen molar-refractivity contribution in [1.82, 2.24) is 10.2 Å². The van der Waals surface area contributed by atoms with Gasteiger partial charge in [0.1, 0.15) is 5.82 Å². The molecule has 1 saturated carbocycles. The maximum absolute atomic E-state index is 5.70. The van der Waals surface area contributed by atoms with Crippen LogP contribution in [0.1, 0.15) is 27.2 Å². The van der Waals surface area contributed by atoms with E-state index in [2.05, 4.69) is 29.4 Å². The molecule has 2 atom stereocenters. The smallest absolute Gasteiger partial charge is 0.151 e. The minimum absolute atomic E-state index is 0.122. The first kappa shape index (κ1) is 12.6. The van der Waals surface area contributed by atoms with Crippen LogP contribution >= 0.6 is 11.6 Å². The lowest BCUT2D eigenvalue weighted by Crippen LogP contribution is -2.58. The molecule has 1 aromatic heterocycles. The summed E-state index contributed by atoms with van der Waals surface area (Å²) < 4.78 is 5.68. The molecule has 2 unspecified atom stereocenters. The lowest BCUT2D eigenvalue weighted by atomic mass is 9.64. The lowest BCUT2D eigenvalue weighted by Gasteiger charge is -2.51. The Morgan fingerprint density at radius 1 is 1.47 bits per heavy atom. The number of nitrogens with one attached hydrogen (secondary N) is 1. The summed E-state index contributed by atoms with van der Waals surface area (Å²) in [6.07, 6.45) is 1.33. The Balaban J connectivity index is 1.95. The van der Waals surface area contributed by atoms with Crippen molar-refractivity contribution in [1.29, 1.82) is 0 Å². The minimum atomic E-state index is 0.122. The summed E-state index contributed by atoms with van der Waals surface area (Å²) in [4.78, 5) is 0. The summed E-state index contributed by atoms with van der Waals surface area (Å²) in [5.41, 5.74) is 0.122. The van der Waals surface area contributed by atoms with Crippen LogP contribution < -0.4 is 5.32 Å². The predicted octanol–water partition coefficient (Wildman–Crippen LogP) is 2.75. The molecule has 94 valence electrons. The van der Waals surface area contributed by atoms with Crippen molar-refractivity contribution < 1.29 is 4.74 Å². The standard InChI is InChI=1S/C12H18ClN3O/c1-4-17-9-7-8(12(9,2)3)14-11-6-5-10(13)15-16-11/h5-6,8-9H,4,7H2,1-3H3,(H,14,16). The number of halogens is 1. The Bertz CT molecular complexity index is 380. The Morgan fingerprint density at radius 2 is 2.24 bits per heavy atom. The Hall–Kier alpha value is -0.870. The van der Waals surface area contributed by atoms with Crippen LogP contribution in [0.4, 0.5) is 5.82 Å². The highest BCUT2D eigenvalue weighted by Crippen LogP contribution is 2.44. The fraction of sp³-hybridized carbons (Fsp3) is 0.667. The quantitative estimate of drug-likeness (QED) is 0.899. The van der Waals surface area contributed by atoms with Gasteiger partial charge in [-0.3, -0.25) is 0 Å². The third kappa shape index (κ3) is 2.53. The van der Waals surface area contributed by atoms with Gasteiger partial charge < -0.3 is 10.1 Å². The molecule has 4 nitrogen and oxygen atoms in total. The maximum Gasteiger partial charge on any atom is 0.151 e. The molecule has 1 aliphatic carbocycles. The maximum atomic E-state index is 5.70. The van der Waals surface area contributed by atoms with Crippen molar-refractivity contribution in [2.24, 2.45) is 5.41 Å². The first-order valence-corrected chi connectivity index (χ1v) is 6.29. The van der Waals surface area contributed by atoms with Gasteiger partial charge in [0.25, 0.3) is 0 Å². The van der Waals surface area contributed by atoms with Gasteiger partial charge in [0.15, 0.2) is 5.15 Å². The Kier molecular flexibility index (Phi) is 3.54. The zero-order chi connectivity index (χ0) is 12.5. The van der Waals surface area contributed by atoms with E-state index >= 15 is 0 Å². The predicted molar refractivity (Wildman–Crippen MR) is 68.3 cm³/mol. The first-order valence-electron chi connectivity index (χ1n) is 5.91. The molecule has 5 heteroatoms. The van der Waals surface area contributed by atoms with E-state index in [1.165, 1.54) is 0 Å². The van der Waals surface area contributed by atoms with Crippen LogP contribution in [-0.4, -0.2) is 29.0 Å². The van der Waals surface area contributed by atoms with Gasteiger partial charge in [0.2, 0.25) is 0 Å². The van der Waals surface area contributed by atoms with Gasteiger partial charge in [-0.05, 0) is 25.5 Å². The van der Waals surface area contributed by atoms with Crippen molar-refractivity contribution in [2.45, 2.75) is 39.3 Å². The highest BCUT2D eigenvalue weighted by molar-refractivity contribution is 6.29. The number of nitrogens with zero attached hydrogens (tertiary/aromatic N) is 2. The summed E-state index contributed by atoms with van der Waals surface area (Å²) in [6.45, 7) is 7.21. The molecule has 2 rings (SSSR count). The van der Waals surface area contributed by atoms with Crippen LogP contribution in [-0.2, 0) is 4.74 Å². The summed E-state index contributed by atoms with van der Waals surface area (Å²) in [5, 5.41) is 11.6. The summed E-state index contributed by atoms with van der Waals surface area (Å²) in [5.74, 6) is 0.766. The zero-order valence-corrected chi connectivity index (χ0v) is 11.2. The number of aromatic nitrogens is 2. The summed E-state index contributed by atoms with van der Waals surface area (Å²) >= 11 is 5.70. The number of anilines is 1. The average molecular weight is 256 g/mol. The van der Waals surface area contributed by atoms with Crippen molar-refractivity contribution in [3.8, 4) is 0 Å². The fourth-order valence-electron chi connectivity index (χ4n) is 2.19. The molecule has 1 fully saturated rings. The summed E-state index contributed by atoms with van der Waals surface area (Å²) in [6, 6.07) is 3.96. The first-order chi connectivity index (χ1) is 8.04. The van der Waals surface area contributed by atoms with Crippen molar-refractivity contribution in [3.05, 3.63) is 17.3 Å². The van der Waals surface area contributed by atoms with Gasteiger partial charge in [-0.2, -0.15) is 0 Å². The van der Waals surface area contributed by atoms with E-state index in [1.807, 2.05) is 13.0 Å². The second-order valence-electron chi connectivity index (χ2n) is 4.94. The van der Waals surface area contributed by atoms with E-state index in [0.29, 0.717) is 17.3 Å². The molecule has 1 aromatic rings. The molecule has 1 N–H and O–H groups in total. The van der Waals surface area contributed by atoms with Gasteiger partial charge in [0.05, 0.1) is 6.10 Å². The topological polar surface area (TPSA) is 47.0 Å². The molecule has 17 heavy (non-hydrogen) atoms. The van der Waals surface area contributed by atoms with Crippen LogP contribution in [0.2, 0.25) is 5.15 Å². The van der Waals surface area contributed by atoms with E-state index in [4.69, 9.17) is 16.3 Å². The molecule has 0 spiro atoms. The Labute approximate surface area is 107 Å². The van der Waals surface area contributed by atoms with Crippen LogP contribution in [0.5, 0.6) is 0 Å². The van der Waals surface area contributed by atoms with Crippen LogP contribution in [0.25, 0.3) is 0 Å². The second kappa shape index (κ2) is 4.78.